The number of nitrogens with two attached hydrogens (primary N) is 1. The van der Waals surface area contributed by atoms with Crippen molar-refractivity contribution in [3.8, 4) is 11.1 Å². The zero-order valence-electron chi connectivity index (χ0n) is 15.5. The van der Waals surface area contributed by atoms with Crippen LogP contribution in [-0.4, -0.2) is 0 Å². The minimum atomic E-state index is -0.583. The number of hydrogen-bond donors (Lipinski definition) is 1. The van der Waals surface area contributed by atoms with Crippen LogP contribution in [0, 0.1) is 6.92 Å². The van der Waals surface area contributed by atoms with Gasteiger partial charge in [0.05, 0.1) is 5.54 Å². The van der Waals surface area contributed by atoms with Crippen molar-refractivity contribution in [3.63, 3.8) is 0 Å². The maximum absolute atomic E-state index is 6.76. The number of fused-ring (bicyclic) bond motifs is 1. The van der Waals surface area contributed by atoms with Crippen LogP contribution < -0.4 is 5.73 Å². The van der Waals surface area contributed by atoms with Crippen LogP contribution in [0.15, 0.2) is 86.0 Å². The second-order valence-corrected chi connectivity index (χ2v) is 6.84. The molecule has 1 aliphatic carbocycles. The first-order valence-corrected chi connectivity index (χ1v) is 8.78. The highest BCUT2D eigenvalue weighted by molar-refractivity contribution is 5.94. The highest BCUT2D eigenvalue weighted by Crippen LogP contribution is 2.49. The third kappa shape index (κ3) is 2.71. The van der Waals surface area contributed by atoms with Crippen molar-refractivity contribution in [1.82, 2.24) is 0 Å². The smallest absolute Gasteiger partial charge is 0.0649 e. The van der Waals surface area contributed by atoms with E-state index in [0.717, 1.165) is 27.8 Å². The van der Waals surface area contributed by atoms with Crippen molar-refractivity contribution >= 4 is 11.6 Å². The number of allylic oxidation sites excluding steroid dienone is 4. The Morgan fingerprint density at radius 1 is 0.923 bits per heavy atom. The van der Waals surface area contributed by atoms with Crippen molar-refractivity contribution in [3.05, 3.63) is 108 Å². The molecule has 0 heterocycles. The maximum atomic E-state index is 6.76. The SMILES string of the molecule is C=C/C=C1\C(=C\C=C)C(C)(N)c2cc(C=C)c(-c3ccccc3C)cc21. The highest BCUT2D eigenvalue weighted by atomic mass is 14.8. The van der Waals surface area contributed by atoms with Crippen molar-refractivity contribution in [1.29, 1.82) is 0 Å². The summed E-state index contributed by atoms with van der Waals surface area (Å²) in [6.45, 7) is 15.9. The lowest BCUT2D eigenvalue weighted by atomic mass is 9.87. The average Bonchev–Trinajstić information content (AvgIpc) is 2.82. The summed E-state index contributed by atoms with van der Waals surface area (Å²) in [5, 5.41) is 0. The van der Waals surface area contributed by atoms with E-state index in [1.807, 2.05) is 31.2 Å². The Hall–Kier alpha value is -2.90. The zero-order chi connectivity index (χ0) is 18.9. The zero-order valence-corrected chi connectivity index (χ0v) is 15.5. The predicted molar refractivity (Wildman–Crippen MR) is 115 cm³/mol. The molecular weight excluding hydrogens is 314 g/mol. The van der Waals surface area contributed by atoms with Crippen molar-refractivity contribution < 1.29 is 0 Å². The van der Waals surface area contributed by atoms with Gasteiger partial charge in [-0.3, -0.25) is 0 Å². The molecule has 1 atom stereocenters. The second kappa shape index (κ2) is 6.78. The Morgan fingerprint density at radius 2 is 1.62 bits per heavy atom. The van der Waals surface area contributed by atoms with Gasteiger partial charge in [-0.05, 0) is 70.5 Å². The Bertz CT molecular complexity index is 968. The summed E-state index contributed by atoms with van der Waals surface area (Å²) in [6, 6.07) is 12.8. The quantitative estimate of drug-likeness (QED) is 0.708. The van der Waals surface area contributed by atoms with E-state index in [1.165, 1.54) is 16.7 Å². The summed E-state index contributed by atoms with van der Waals surface area (Å²) in [7, 11) is 0. The topological polar surface area (TPSA) is 26.0 Å². The molecule has 1 heteroatoms. The Labute approximate surface area is 156 Å². The fourth-order valence-corrected chi connectivity index (χ4v) is 3.79. The molecule has 1 unspecified atom stereocenters. The minimum absolute atomic E-state index is 0.583. The molecule has 2 aromatic carbocycles. The summed E-state index contributed by atoms with van der Waals surface area (Å²) in [6.07, 6.45) is 9.54. The molecule has 0 fully saturated rings. The highest BCUT2D eigenvalue weighted by Gasteiger charge is 2.39. The maximum Gasteiger partial charge on any atom is 0.0649 e. The Balaban J connectivity index is 2.38. The van der Waals surface area contributed by atoms with Crippen molar-refractivity contribution in [2.24, 2.45) is 5.73 Å². The Kier molecular flexibility index (Phi) is 4.67. The first kappa shape index (κ1) is 17.9. The number of rotatable bonds is 4. The van der Waals surface area contributed by atoms with Crippen LogP contribution in [0.2, 0.25) is 0 Å². The fourth-order valence-electron chi connectivity index (χ4n) is 3.79. The Morgan fingerprint density at radius 3 is 2.23 bits per heavy atom. The molecule has 1 aliphatic rings. The molecule has 0 aliphatic heterocycles. The van der Waals surface area contributed by atoms with E-state index in [-0.39, 0.29) is 0 Å². The molecule has 0 radical (unpaired) electrons. The van der Waals surface area contributed by atoms with Crippen molar-refractivity contribution in [2.45, 2.75) is 19.4 Å². The standard InChI is InChI=1S/C25H25N/c1-6-11-20-22-16-21(19-14-10-9-13-17(19)4)18(8-3)15-24(22)25(5,26)23(20)12-7-2/h6-16H,1-3,26H2,4-5H3/b20-11-,23-12-. The van der Waals surface area contributed by atoms with E-state index in [2.05, 4.69) is 63.1 Å². The summed E-state index contributed by atoms with van der Waals surface area (Å²) < 4.78 is 0. The summed E-state index contributed by atoms with van der Waals surface area (Å²) >= 11 is 0. The summed E-state index contributed by atoms with van der Waals surface area (Å²) in [5.41, 5.74) is 15.3. The molecule has 0 spiro atoms. The van der Waals surface area contributed by atoms with Crippen LogP contribution in [0.25, 0.3) is 22.8 Å². The molecule has 0 saturated heterocycles. The van der Waals surface area contributed by atoms with Crippen LogP contribution in [0.5, 0.6) is 0 Å². The van der Waals surface area contributed by atoms with E-state index < -0.39 is 5.54 Å². The van der Waals surface area contributed by atoms with Crippen LogP contribution in [0.4, 0.5) is 0 Å². The third-order valence-electron chi connectivity index (χ3n) is 5.11. The minimum Gasteiger partial charge on any atom is -0.318 e. The third-order valence-corrected chi connectivity index (χ3v) is 5.11. The van der Waals surface area contributed by atoms with Crippen LogP contribution in [0.3, 0.4) is 0 Å². The van der Waals surface area contributed by atoms with Gasteiger partial charge >= 0.3 is 0 Å². The molecule has 0 aromatic heterocycles. The number of benzene rings is 2. The molecule has 1 nitrogen and oxygen atoms in total. The molecular formula is C25H25N. The van der Waals surface area contributed by atoms with Gasteiger partial charge in [-0.25, -0.2) is 0 Å². The molecule has 2 N–H and O–H groups in total. The van der Waals surface area contributed by atoms with Gasteiger partial charge in [-0.1, -0.05) is 74.4 Å². The van der Waals surface area contributed by atoms with Gasteiger partial charge in [0.1, 0.15) is 0 Å². The molecule has 0 amide bonds. The molecule has 0 saturated carbocycles. The molecule has 26 heavy (non-hydrogen) atoms. The lowest BCUT2D eigenvalue weighted by Gasteiger charge is -2.22. The van der Waals surface area contributed by atoms with Gasteiger partial charge in [0, 0.05) is 0 Å². The summed E-state index contributed by atoms with van der Waals surface area (Å²) in [4.78, 5) is 0. The average molecular weight is 339 g/mol. The number of aryl methyl sites for hydroxylation is 1. The number of hydrogen-bond acceptors (Lipinski definition) is 1. The van der Waals surface area contributed by atoms with Gasteiger partial charge in [-0.15, -0.1) is 0 Å². The normalized spacial score (nSPS) is 21.7. The monoisotopic (exact) mass is 339 g/mol. The van der Waals surface area contributed by atoms with Crippen LogP contribution in [0.1, 0.15) is 29.2 Å². The molecule has 0 bridgehead atoms. The van der Waals surface area contributed by atoms with Crippen LogP contribution in [-0.2, 0) is 5.54 Å². The van der Waals surface area contributed by atoms with E-state index in [1.54, 1.807) is 6.08 Å². The van der Waals surface area contributed by atoms with E-state index in [9.17, 15) is 0 Å². The first-order valence-electron chi connectivity index (χ1n) is 8.78. The van der Waals surface area contributed by atoms with E-state index in [4.69, 9.17) is 5.73 Å². The van der Waals surface area contributed by atoms with Gasteiger partial charge in [0.2, 0.25) is 0 Å². The lowest BCUT2D eigenvalue weighted by Crippen LogP contribution is -2.32. The van der Waals surface area contributed by atoms with Gasteiger partial charge in [0.25, 0.3) is 0 Å². The first-order chi connectivity index (χ1) is 12.5. The summed E-state index contributed by atoms with van der Waals surface area (Å²) in [5.74, 6) is 0. The fraction of sp³-hybridized carbons (Fsp3) is 0.120. The van der Waals surface area contributed by atoms with Gasteiger partial charge in [-0.2, -0.15) is 0 Å². The van der Waals surface area contributed by atoms with E-state index in [0.29, 0.717) is 0 Å². The molecule has 2 aromatic rings. The lowest BCUT2D eigenvalue weighted by molar-refractivity contribution is 0.621. The van der Waals surface area contributed by atoms with Gasteiger partial charge in [0.15, 0.2) is 0 Å². The molecule has 130 valence electrons. The van der Waals surface area contributed by atoms with Crippen LogP contribution >= 0.6 is 0 Å². The van der Waals surface area contributed by atoms with Gasteiger partial charge < -0.3 is 5.73 Å². The predicted octanol–water partition coefficient (Wildman–Crippen LogP) is 6.17. The largest absolute Gasteiger partial charge is 0.318 e. The van der Waals surface area contributed by atoms with Crippen molar-refractivity contribution in [2.75, 3.05) is 0 Å². The molecule has 3 rings (SSSR count). The van der Waals surface area contributed by atoms with E-state index >= 15 is 0 Å². The second-order valence-electron chi connectivity index (χ2n) is 6.84.